The van der Waals surface area contributed by atoms with Crippen LogP contribution in [0.25, 0.3) is 22.7 Å². The van der Waals surface area contributed by atoms with Gasteiger partial charge in [0.05, 0.1) is 17.9 Å². The van der Waals surface area contributed by atoms with E-state index in [4.69, 9.17) is 9.47 Å². The summed E-state index contributed by atoms with van der Waals surface area (Å²) in [5.74, 6) is 1.64. The molecule has 7 nitrogen and oxygen atoms in total. The molecular formula is C20H19N5O2. The van der Waals surface area contributed by atoms with Crippen LogP contribution in [0.4, 0.5) is 0 Å². The molecule has 0 spiro atoms. The highest BCUT2D eigenvalue weighted by Gasteiger charge is 2.16. The van der Waals surface area contributed by atoms with E-state index in [1.165, 1.54) is 0 Å². The molecule has 1 aromatic carbocycles. The topological polar surface area (TPSA) is 66.5 Å². The minimum atomic E-state index is 0.216. The molecule has 1 aliphatic rings. The minimum absolute atomic E-state index is 0.216. The van der Waals surface area contributed by atoms with E-state index in [0.29, 0.717) is 6.61 Å². The smallest absolute Gasteiger partial charge is 0.165 e. The molecule has 1 unspecified atom stereocenters. The SMILES string of the molecule is c1cnc2c(-c3nccn3-c3ccc(OCC4CCCO4)cc3)cnn2c1. The molecule has 5 rings (SSSR count). The average Bonchev–Trinajstić information content (AvgIpc) is 3.46. The van der Waals surface area contributed by atoms with E-state index < -0.39 is 0 Å². The molecule has 0 amide bonds. The molecule has 3 aromatic heterocycles. The normalized spacial score (nSPS) is 16.8. The largest absolute Gasteiger partial charge is 0.491 e. The molecule has 0 aliphatic carbocycles. The molecule has 4 aromatic rings. The summed E-state index contributed by atoms with van der Waals surface area (Å²) in [6.07, 6.45) is 11.5. The number of aromatic nitrogens is 5. The zero-order valence-electron chi connectivity index (χ0n) is 14.7. The minimum Gasteiger partial charge on any atom is -0.491 e. The van der Waals surface area contributed by atoms with Crippen molar-refractivity contribution in [2.75, 3.05) is 13.2 Å². The monoisotopic (exact) mass is 361 g/mol. The number of hydrogen-bond acceptors (Lipinski definition) is 5. The number of nitrogens with zero attached hydrogens (tertiary/aromatic N) is 5. The van der Waals surface area contributed by atoms with Gasteiger partial charge in [-0.3, -0.25) is 4.57 Å². The van der Waals surface area contributed by atoms with Crippen LogP contribution in [-0.4, -0.2) is 43.5 Å². The van der Waals surface area contributed by atoms with E-state index in [9.17, 15) is 0 Å². The van der Waals surface area contributed by atoms with Crippen molar-refractivity contribution in [1.29, 1.82) is 0 Å². The molecule has 7 heteroatoms. The lowest BCUT2D eigenvalue weighted by atomic mass is 10.2. The Morgan fingerprint density at radius 2 is 2.04 bits per heavy atom. The number of fused-ring (bicyclic) bond motifs is 1. The predicted octanol–water partition coefficient (Wildman–Crippen LogP) is 3.14. The van der Waals surface area contributed by atoms with Crippen LogP contribution in [0.2, 0.25) is 0 Å². The van der Waals surface area contributed by atoms with Gasteiger partial charge in [-0.15, -0.1) is 0 Å². The molecule has 4 heterocycles. The first-order valence-electron chi connectivity index (χ1n) is 9.05. The lowest BCUT2D eigenvalue weighted by Crippen LogP contribution is -2.16. The van der Waals surface area contributed by atoms with Gasteiger partial charge in [-0.05, 0) is 43.2 Å². The molecule has 0 radical (unpaired) electrons. The van der Waals surface area contributed by atoms with E-state index in [1.54, 1.807) is 23.1 Å². The van der Waals surface area contributed by atoms with Crippen LogP contribution in [0.1, 0.15) is 12.8 Å². The maximum absolute atomic E-state index is 5.85. The van der Waals surface area contributed by atoms with Crippen molar-refractivity contribution in [1.82, 2.24) is 24.1 Å². The van der Waals surface area contributed by atoms with E-state index in [2.05, 4.69) is 15.1 Å². The molecule has 1 fully saturated rings. The van der Waals surface area contributed by atoms with Crippen molar-refractivity contribution in [3.63, 3.8) is 0 Å². The van der Waals surface area contributed by atoms with Gasteiger partial charge in [0.15, 0.2) is 5.65 Å². The molecule has 136 valence electrons. The summed E-state index contributed by atoms with van der Waals surface area (Å²) < 4.78 is 15.2. The third-order valence-corrected chi connectivity index (χ3v) is 4.74. The van der Waals surface area contributed by atoms with E-state index in [-0.39, 0.29) is 6.10 Å². The first-order chi connectivity index (χ1) is 13.4. The summed E-state index contributed by atoms with van der Waals surface area (Å²) in [5, 5.41) is 4.35. The Hall–Kier alpha value is -3.19. The van der Waals surface area contributed by atoms with E-state index in [1.807, 2.05) is 47.3 Å². The number of rotatable bonds is 5. The maximum atomic E-state index is 5.85. The van der Waals surface area contributed by atoms with Crippen LogP contribution < -0.4 is 4.74 Å². The highest BCUT2D eigenvalue weighted by Crippen LogP contribution is 2.25. The Kier molecular flexibility index (Phi) is 4.06. The van der Waals surface area contributed by atoms with Gasteiger partial charge in [0.2, 0.25) is 0 Å². The lowest BCUT2D eigenvalue weighted by Gasteiger charge is -2.12. The summed E-state index contributed by atoms with van der Waals surface area (Å²) in [6.45, 7) is 1.44. The summed E-state index contributed by atoms with van der Waals surface area (Å²) >= 11 is 0. The highest BCUT2D eigenvalue weighted by molar-refractivity contribution is 5.73. The second-order valence-electron chi connectivity index (χ2n) is 6.51. The van der Waals surface area contributed by atoms with Gasteiger partial charge in [-0.2, -0.15) is 5.10 Å². The molecular weight excluding hydrogens is 342 g/mol. The van der Waals surface area contributed by atoms with Crippen LogP contribution in [0.3, 0.4) is 0 Å². The zero-order valence-corrected chi connectivity index (χ0v) is 14.7. The third kappa shape index (κ3) is 3.06. The van der Waals surface area contributed by atoms with Crippen LogP contribution in [0.5, 0.6) is 5.75 Å². The first-order valence-corrected chi connectivity index (χ1v) is 9.05. The summed E-state index contributed by atoms with van der Waals surface area (Å²) in [7, 11) is 0. The van der Waals surface area contributed by atoms with Crippen molar-refractivity contribution < 1.29 is 9.47 Å². The van der Waals surface area contributed by atoms with Gasteiger partial charge < -0.3 is 9.47 Å². The fourth-order valence-electron chi connectivity index (χ4n) is 3.36. The van der Waals surface area contributed by atoms with Gasteiger partial charge in [0.25, 0.3) is 0 Å². The Balaban J connectivity index is 1.40. The second kappa shape index (κ2) is 6.85. The van der Waals surface area contributed by atoms with Gasteiger partial charge in [0, 0.05) is 37.1 Å². The Labute approximate surface area is 156 Å². The van der Waals surface area contributed by atoms with Gasteiger partial charge in [-0.25, -0.2) is 14.5 Å². The number of benzene rings is 1. The highest BCUT2D eigenvalue weighted by atomic mass is 16.5. The zero-order chi connectivity index (χ0) is 18.1. The number of ether oxygens (including phenoxy) is 2. The molecule has 0 saturated carbocycles. The van der Waals surface area contributed by atoms with E-state index in [0.717, 1.165) is 47.9 Å². The molecule has 0 bridgehead atoms. The number of hydrogen-bond donors (Lipinski definition) is 0. The van der Waals surface area contributed by atoms with Crippen LogP contribution >= 0.6 is 0 Å². The fraction of sp³-hybridized carbons (Fsp3) is 0.250. The second-order valence-corrected chi connectivity index (χ2v) is 6.51. The van der Waals surface area contributed by atoms with Crippen LogP contribution in [0, 0.1) is 0 Å². The van der Waals surface area contributed by atoms with Crippen LogP contribution in [0.15, 0.2) is 61.3 Å². The summed E-state index contributed by atoms with van der Waals surface area (Å²) in [6, 6.07) is 9.85. The van der Waals surface area contributed by atoms with Gasteiger partial charge >= 0.3 is 0 Å². The number of imidazole rings is 1. The van der Waals surface area contributed by atoms with Crippen molar-refractivity contribution in [3.05, 3.63) is 61.3 Å². The Morgan fingerprint density at radius 3 is 2.89 bits per heavy atom. The molecule has 27 heavy (non-hydrogen) atoms. The van der Waals surface area contributed by atoms with Crippen LogP contribution in [-0.2, 0) is 4.74 Å². The molecule has 1 atom stereocenters. The first kappa shape index (κ1) is 16.0. The Morgan fingerprint density at radius 1 is 1.11 bits per heavy atom. The molecule has 0 N–H and O–H groups in total. The predicted molar refractivity (Wildman–Crippen MR) is 100 cm³/mol. The molecule has 1 saturated heterocycles. The molecule has 1 aliphatic heterocycles. The standard InChI is InChI=1S/C20H19N5O2/c1-3-17(26-12-1)14-27-16-6-4-15(5-7-16)24-11-9-22-19(24)18-13-23-25-10-2-8-21-20(18)25/h2,4-11,13,17H,1,3,12,14H2. The van der Waals surface area contributed by atoms with Crippen molar-refractivity contribution in [3.8, 4) is 22.8 Å². The van der Waals surface area contributed by atoms with Crippen molar-refractivity contribution in [2.45, 2.75) is 18.9 Å². The quantitative estimate of drug-likeness (QED) is 0.546. The fourth-order valence-corrected chi connectivity index (χ4v) is 3.36. The lowest BCUT2D eigenvalue weighted by molar-refractivity contribution is 0.0679. The van der Waals surface area contributed by atoms with Gasteiger partial charge in [0.1, 0.15) is 18.2 Å². The van der Waals surface area contributed by atoms with Crippen molar-refractivity contribution >= 4 is 5.65 Å². The maximum Gasteiger partial charge on any atom is 0.165 e. The third-order valence-electron chi connectivity index (χ3n) is 4.74. The van der Waals surface area contributed by atoms with E-state index >= 15 is 0 Å². The Bertz CT molecular complexity index is 1050. The summed E-state index contributed by atoms with van der Waals surface area (Å²) in [4.78, 5) is 8.94. The van der Waals surface area contributed by atoms with Crippen molar-refractivity contribution in [2.24, 2.45) is 0 Å². The average molecular weight is 361 g/mol. The summed E-state index contributed by atoms with van der Waals surface area (Å²) in [5.41, 5.74) is 2.67. The van der Waals surface area contributed by atoms with Gasteiger partial charge in [-0.1, -0.05) is 0 Å².